The van der Waals surface area contributed by atoms with Gasteiger partial charge in [0.15, 0.2) is 0 Å². The van der Waals surface area contributed by atoms with Crippen molar-refractivity contribution >= 4 is 5.91 Å². The zero-order valence-corrected chi connectivity index (χ0v) is 13.3. The first-order valence-electron chi connectivity index (χ1n) is 7.31. The van der Waals surface area contributed by atoms with Crippen LogP contribution < -0.4 is 10.1 Å². The van der Waals surface area contributed by atoms with E-state index in [1.807, 2.05) is 26.0 Å². The predicted molar refractivity (Wildman–Crippen MR) is 84.9 cm³/mol. The average Bonchev–Trinajstić information content (AvgIpc) is 2.49. The average molecular weight is 319 g/mol. The number of aryl methyl sites for hydroxylation is 1. The molecule has 0 aliphatic carbocycles. The van der Waals surface area contributed by atoms with Crippen molar-refractivity contribution in [3.05, 3.63) is 64.7 Å². The highest BCUT2D eigenvalue weighted by Crippen LogP contribution is 2.26. The quantitative estimate of drug-likeness (QED) is 0.887. The van der Waals surface area contributed by atoms with Crippen LogP contribution in [0.5, 0.6) is 5.75 Å². The molecule has 0 spiro atoms. The number of nitrogens with one attached hydrogen (secondary N) is 1. The highest BCUT2D eigenvalue weighted by atomic mass is 19.3. The number of carbonyl (C=O) groups excluding carboxylic acids is 1. The minimum Gasteiger partial charge on any atom is -0.434 e. The van der Waals surface area contributed by atoms with Crippen molar-refractivity contribution in [2.75, 3.05) is 0 Å². The van der Waals surface area contributed by atoms with Gasteiger partial charge in [-0.05, 0) is 44.0 Å². The van der Waals surface area contributed by atoms with Crippen LogP contribution >= 0.6 is 0 Å². The molecule has 23 heavy (non-hydrogen) atoms. The molecule has 1 amide bonds. The molecular formula is C18H19F2NO2. The van der Waals surface area contributed by atoms with Crippen LogP contribution in [0.25, 0.3) is 0 Å². The number of alkyl halides is 2. The van der Waals surface area contributed by atoms with E-state index in [9.17, 15) is 13.6 Å². The van der Waals surface area contributed by atoms with E-state index in [0.29, 0.717) is 11.1 Å². The Balaban J connectivity index is 2.20. The lowest BCUT2D eigenvalue weighted by molar-refractivity contribution is -0.0506. The van der Waals surface area contributed by atoms with E-state index in [4.69, 9.17) is 0 Å². The van der Waals surface area contributed by atoms with Crippen molar-refractivity contribution < 1.29 is 18.3 Å². The fourth-order valence-corrected chi connectivity index (χ4v) is 2.39. The molecule has 0 saturated carbocycles. The Hall–Kier alpha value is -2.43. The molecule has 0 aliphatic rings. The summed E-state index contributed by atoms with van der Waals surface area (Å²) in [6.45, 7) is 2.64. The Morgan fingerprint density at radius 2 is 1.78 bits per heavy atom. The van der Waals surface area contributed by atoms with Crippen molar-refractivity contribution in [3.63, 3.8) is 0 Å². The first kappa shape index (κ1) is 16.9. The Labute approximate surface area is 134 Å². The zero-order valence-electron chi connectivity index (χ0n) is 13.3. The van der Waals surface area contributed by atoms with Crippen LogP contribution in [0.3, 0.4) is 0 Å². The molecule has 0 heterocycles. The molecule has 0 unspecified atom stereocenters. The van der Waals surface area contributed by atoms with Crippen molar-refractivity contribution in [1.82, 2.24) is 5.32 Å². The molecular weight excluding hydrogens is 300 g/mol. The van der Waals surface area contributed by atoms with Gasteiger partial charge >= 0.3 is 6.61 Å². The second kappa shape index (κ2) is 7.22. The molecule has 2 aromatic carbocycles. The number of hydrogen-bond donors (Lipinski definition) is 1. The van der Waals surface area contributed by atoms with Crippen molar-refractivity contribution in [2.45, 2.75) is 33.4 Å². The van der Waals surface area contributed by atoms with Gasteiger partial charge in [0, 0.05) is 11.1 Å². The Bertz CT molecular complexity index is 701. The molecule has 2 rings (SSSR count). The topological polar surface area (TPSA) is 38.3 Å². The lowest BCUT2D eigenvalue weighted by Gasteiger charge is -2.19. The number of halogens is 2. The fourth-order valence-electron chi connectivity index (χ4n) is 2.39. The number of hydrogen-bond acceptors (Lipinski definition) is 2. The Morgan fingerprint density at radius 3 is 2.48 bits per heavy atom. The SMILES string of the molecule is Cc1cccc(C(=O)N[C@H](C)c2ccccc2OC(F)F)c1C. The van der Waals surface area contributed by atoms with Crippen molar-refractivity contribution in [2.24, 2.45) is 0 Å². The van der Waals surface area contributed by atoms with Crippen LogP contribution in [-0.2, 0) is 0 Å². The lowest BCUT2D eigenvalue weighted by atomic mass is 10.0. The smallest absolute Gasteiger partial charge is 0.387 e. The Morgan fingerprint density at radius 1 is 1.09 bits per heavy atom. The maximum Gasteiger partial charge on any atom is 0.387 e. The first-order chi connectivity index (χ1) is 10.9. The molecule has 3 nitrogen and oxygen atoms in total. The van der Waals surface area contributed by atoms with Crippen LogP contribution in [0.15, 0.2) is 42.5 Å². The number of carbonyl (C=O) groups is 1. The standard InChI is InChI=1S/C18H19F2NO2/c1-11-7-6-9-14(12(11)2)17(22)21-13(3)15-8-4-5-10-16(15)23-18(19)20/h4-10,13,18H,1-3H3,(H,21,22)/t13-/m1/s1. The van der Waals surface area contributed by atoms with E-state index in [-0.39, 0.29) is 11.7 Å². The van der Waals surface area contributed by atoms with Crippen molar-refractivity contribution in [3.8, 4) is 5.75 Å². The highest BCUT2D eigenvalue weighted by Gasteiger charge is 2.18. The van der Waals surface area contributed by atoms with Gasteiger partial charge in [-0.3, -0.25) is 4.79 Å². The molecule has 2 aromatic rings. The second-order valence-electron chi connectivity index (χ2n) is 5.36. The first-order valence-corrected chi connectivity index (χ1v) is 7.31. The summed E-state index contributed by atoms with van der Waals surface area (Å²) in [5.41, 5.74) is 3.00. The molecule has 0 aromatic heterocycles. The van der Waals surface area contributed by atoms with E-state index >= 15 is 0 Å². The maximum atomic E-state index is 12.5. The molecule has 0 fully saturated rings. The molecule has 0 bridgehead atoms. The van der Waals surface area contributed by atoms with Gasteiger partial charge in [-0.15, -0.1) is 0 Å². The van der Waals surface area contributed by atoms with Gasteiger partial charge in [-0.25, -0.2) is 0 Å². The largest absolute Gasteiger partial charge is 0.434 e. The molecule has 5 heteroatoms. The normalized spacial score (nSPS) is 12.1. The van der Waals surface area contributed by atoms with Crippen molar-refractivity contribution in [1.29, 1.82) is 0 Å². The summed E-state index contributed by atoms with van der Waals surface area (Å²) in [7, 11) is 0. The summed E-state index contributed by atoms with van der Waals surface area (Å²) in [6.07, 6.45) is 0. The van der Waals surface area contributed by atoms with Gasteiger partial charge in [-0.2, -0.15) is 8.78 Å². The predicted octanol–water partition coefficient (Wildman–Crippen LogP) is 4.40. The number of amides is 1. The molecule has 0 radical (unpaired) electrons. The summed E-state index contributed by atoms with van der Waals surface area (Å²) in [6, 6.07) is 11.5. The van der Waals surface area contributed by atoms with E-state index in [1.165, 1.54) is 6.07 Å². The molecule has 1 N–H and O–H groups in total. The molecule has 0 saturated heterocycles. The summed E-state index contributed by atoms with van der Waals surface area (Å²) >= 11 is 0. The van der Waals surface area contributed by atoms with Crippen LogP contribution in [0.2, 0.25) is 0 Å². The van der Waals surface area contributed by atoms with Gasteiger partial charge in [0.25, 0.3) is 5.91 Å². The van der Waals surface area contributed by atoms with Gasteiger partial charge in [0.1, 0.15) is 5.75 Å². The summed E-state index contributed by atoms with van der Waals surface area (Å²) in [5, 5.41) is 2.83. The number of rotatable bonds is 5. The number of benzene rings is 2. The second-order valence-corrected chi connectivity index (χ2v) is 5.36. The van der Waals surface area contributed by atoms with Gasteiger partial charge < -0.3 is 10.1 Å². The Kier molecular flexibility index (Phi) is 5.32. The summed E-state index contributed by atoms with van der Waals surface area (Å²) in [4.78, 5) is 12.4. The van der Waals surface area contributed by atoms with Crippen LogP contribution in [0.1, 0.15) is 40.0 Å². The van der Waals surface area contributed by atoms with Gasteiger partial charge in [0.2, 0.25) is 0 Å². The lowest BCUT2D eigenvalue weighted by Crippen LogP contribution is -2.28. The molecule has 0 aliphatic heterocycles. The number of para-hydroxylation sites is 1. The van der Waals surface area contributed by atoms with Crippen LogP contribution in [0.4, 0.5) is 8.78 Å². The third-order valence-corrected chi connectivity index (χ3v) is 3.80. The highest BCUT2D eigenvalue weighted by molar-refractivity contribution is 5.96. The fraction of sp³-hybridized carbons (Fsp3) is 0.278. The molecule has 1 atom stereocenters. The van der Waals surface area contributed by atoms with E-state index in [0.717, 1.165) is 11.1 Å². The van der Waals surface area contributed by atoms with Crippen LogP contribution in [0, 0.1) is 13.8 Å². The minimum atomic E-state index is -2.90. The van der Waals surface area contributed by atoms with E-state index in [2.05, 4.69) is 10.1 Å². The zero-order chi connectivity index (χ0) is 17.0. The van der Waals surface area contributed by atoms with E-state index in [1.54, 1.807) is 31.2 Å². The maximum absolute atomic E-state index is 12.5. The summed E-state index contributed by atoms with van der Waals surface area (Å²) in [5.74, 6) is -0.179. The van der Waals surface area contributed by atoms with Gasteiger partial charge in [0.05, 0.1) is 6.04 Å². The molecule has 122 valence electrons. The minimum absolute atomic E-state index is 0.0660. The van der Waals surface area contributed by atoms with Gasteiger partial charge in [-0.1, -0.05) is 30.3 Å². The monoisotopic (exact) mass is 319 g/mol. The third kappa shape index (κ3) is 4.06. The summed E-state index contributed by atoms with van der Waals surface area (Å²) < 4.78 is 29.5. The van der Waals surface area contributed by atoms with E-state index < -0.39 is 12.7 Å². The number of ether oxygens (including phenoxy) is 1. The van der Waals surface area contributed by atoms with Crippen LogP contribution in [-0.4, -0.2) is 12.5 Å². The third-order valence-electron chi connectivity index (χ3n) is 3.80.